The van der Waals surface area contributed by atoms with Gasteiger partial charge in [0.1, 0.15) is 24.3 Å². The zero-order chi connectivity index (χ0) is 13.8. The van der Waals surface area contributed by atoms with Gasteiger partial charge in [0.2, 0.25) is 0 Å². The Morgan fingerprint density at radius 2 is 2.00 bits per heavy atom. The molecule has 8 heteroatoms. The smallest absolute Gasteiger partial charge is 0.169 e. The van der Waals surface area contributed by atoms with Crippen LogP contribution in [0.4, 0.5) is 11.6 Å². The summed E-state index contributed by atoms with van der Waals surface area (Å²) in [6.07, 6.45) is 3.13. The Morgan fingerprint density at radius 3 is 2.58 bits per heavy atom. The first kappa shape index (κ1) is 13.2. The fourth-order valence-electron chi connectivity index (χ4n) is 1.83. The topological polar surface area (TPSA) is 107 Å². The van der Waals surface area contributed by atoms with E-state index in [1.165, 1.54) is 6.33 Å². The summed E-state index contributed by atoms with van der Waals surface area (Å²) in [5.41, 5.74) is 3.54. The van der Waals surface area contributed by atoms with Crippen molar-refractivity contribution in [2.45, 2.75) is 26.3 Å². The molecule has 0 bridgehead atoms. The zero-order valence-electron chi connectivity index (χ0n) is 11.3. The molecule has 19 heavy (non-hydrogen) atoms. The van der Waals surface area contributed by atoms with Gasteiger partial charge in [-0.3, -0.25) is 4.68 Å². The highest BCUT2D eigenvalue weighted by Gasteiger charge is 2.14. The van der Waals surface area contributed by atoms with Crippen molar-refractivity contribution in [2.24, 2.45) is 12.9 Å². The lowest BCUT2D eigenvalue weighted by molar-refractivity contribution is 0.746. The molecule has 2 rings (SSSR count). The number of hydrogen-bond donors (Lipinski definition) is 3. The summed E-state index contributed by atoms with van der Waals surface area (Å²) in [4.78, 5) is 12.5. The molecule has 0 saturated carbocycles. The van der Waals surface area contributed by atoms with Crippen LogP contribution in [0.15, 0.2) is 12.7 Å². The average Bonchev–Trinajstić information content (AvgIpc) is 2.81. The monoisotopic (exact) mass is 262 g/mol. The van der Waals surface area contributed by atoms with E-state index < -0.39 is 0 Å². The second-order valence-electron chi connectivity index (χ2n) is 4.47. The van der Waals surface area contributed by atoms with E-state index in [1.807, 2.05) is 7.05 Å². The van der Waals surface area contributed by atoms with Crippen LogP contribution in [-0.4, -0.2) is 24.7 Å². The molecule has 0 unspecified atom stereocenters. The van der Waals surface area contributed by atoms with Gasteiger partial charge in [-0.15, -0.1) is 0 Å². The largest absolute Gasteiger partial charge is 0.362 e. The molecule has 0 atom stereocenters. The van der Waals surface area contributed by atoms with Crippen molar-refractivity contribution in [3.63, 3.8) is 0 Å². The third kappa shape index (κ3) is 2.97. The molecule has 0 radical (unpaired) electrons. The summed E-state index contributed by atoms with van der Waals surface area (Å²) in [5, 5.41) is 7.42. The second-order valence-corrected chi connectivity index (χ2v) is 4.47. The van der Waals surface area contributed by atoms with E-state index >= 15 is 0 Å². The van der Waals surface area contributed by atoms with Crippen LogP contribution in [0.25, 0.3) is 0 Å². The Kier molecular flexibility index (Phi) is 3.91. The molecule has 0 aromatic carbocycles. The van der Waals surface area contributed by atoms with Crippen molar-refractivity contribution in [1.29, 1.82) is 0 Å². The van der Waals surface area contributed by atoms with E-state index in [0.717, 1.165) is 11.4 Å². The van der Waals surface area contributed by atoms with Crippen molar-refractivity contribution in [3.05, 3.63) is 24.0 Å². The molecule has 102 valence electrons. The highest BCUT2D eigenvalue weighted by molar-refractivity contribution is 5.58. The first-order valence-corrected chi connectivity index (χ1v) is 6.01. The molecule has 0 amide bonds. The standard InChI is InChI=1S/C11H18N8/c1-7(2)9-10(14-5-15-11(9)17-12)13-4-8-16-6-19(3)18-8/h5-7H,4,12H2,1-3H3,(H2,13,14,15,17). The lowest BCUT2D eigenvalue weighted by Gasteiger charge is -2.15. The van der Waals surface area contributed by atoms with Crippen molar-refractivity contribution >= 4 is 11.6 Å². The van der Waals surface area contributed by atoms with E-state index in [0.29, 0.717) is 18.2 Å². The lowest BCUT2D eigenvalue weighted by atomic mass is 10.0. The summed E-state index contributed by atoms with van der Waals surface area (Å²) < 4.78 is 1.66. The van der Waals surface area contributed by atoms with Gasteiger partial charge in [-0.25, -0.2) is 20.8 Å². The highest BCUT2D eigenvalue weighted by Crippen LogP contribution is 2.27. The van der Waals surface area contributed by atoms with Crippen LogP contribution in [0.1, 0.15) is 31.2 Å². The van der Waals surface area contributed by atoms with Crippen LogP contribution < -0.4 is 16.6 Å². The summed E-state index contributed by atoms with van der Waals surface area (Å²) in [6.45, 7) is 4.62. The Hall–Kier alpha value is -2.22. The predicted molar refractivity (Wildman–Crippen MR) is 72.3 cm³/mol. The summed E-state index contributed by atoms with van der Waals surface area (Å²) in [5.74, 6) is 7.79. The van der Waals surface area contributed by atoms with Gasteiger partial charge in [-0.2, -0.15) is 5.10 Å². The molecule has 0 spiro atoms. The molecule has 0 aliphatic carbocycles. The van der Waals surface area contributed by atoms with Crippen LogP contribution in [0, 0.1) is 0 Å². The van der Waals surface area contributed by atoms with Gasteiger partial charge in [0.05, 0.1) is 6.54 Å². The molecule has 2 heterocycles. The van der Waals surface area contributed by atoms with Crippen molar-refractivity contribution in [3.8, 4) is 0 Å². The van der Waals surface area contributed by atoms with Crippen molar-refractivity contribution in [1.82, 2.24) is 24.7 Å². The fourth-order valence-corrected chi connectivity index (χ4v) is 1.83. The van der Waals surface area contributed by atoms with Crippen LogP contribution in [-0.2, 0) is 13.6 Å². The first-order valence-electron chi connectivity index (χ1n) is 6.01. The predicted octanol–water partition coefficient (Wildman–Crippen LogP) is 0.626. The number of aryl methyl sites for hydroxylation is 1. The van der Waals surface area contributed by atoms with Crippen LogP contribution in [0.3, 0.4) is 0 Å². The Bertz CT molecular complexity index is 547. The fraction of sp³-hybridized carbons (Fsp3) is 0.455. The van der Waals surface area contributed by atoms with Gasteiger partial charge in [0.25, 0.3) is 0 Å². The summed E-state index contributed by atoms with van der Waals surface area (Å²) in [7, 11) is 1.83. The third-order valence-electron chi connectivity index (χ3n) is 2.66. The maximum absolute atomic E-state index is 5.47. The molecule has 0 aliphatic rings. The number of hydrazine groups is 1. The maximum Gasteiger partial charge on any atom is 0.169 e. The van der Waals surface area contributed by atoms with Gasteiger partial charge in [-0.05, 0) is 5.92 Å². The van der Waals surface area contributed by atoms with E-state index in [9.17, 15) is 0 Å². The Morgan fingerprint density at radius 1 is 1.26 bits per heavy atom. The zero-order valence-corrected chi connectivity index (χ0v) is 11.3. The number of nitrogens with two attached hydrogens (primary N) is 1. The quantitative estimate of drug-likeness (QED) is 0.535. The van der Waals surface area contributed by atoms with Gasteiger partial charge in [-0.1, -0.05) is 13.8 Å². The maximum atomic E-state index is 5.47. The highest BCUT2D eigenvalue weighted by atomic mass is 15.3. The van der Waals surface area contributed by atoms with Crippen LogP contribution in [0.5, 0.6) is 0 Å². The van der Waals surface area contributed by atoms with Crippen LogP contribution in [0.2, 0.25) is 0 Å². The van der Waals surface area contributed by atoms with E-state index in [2.05, 4.69) is 44.6 Å². The first-order chi connectivity index (χ1) is 9.11. The second kappa shape index (κ2) is 5.61. The molecule has 0 aliphatic heterocycles. The van der Waals surface area contributed by atoms with E-state index in [-0.39, 0.29) is 5.92 Å². The van der Waals surface area contributed by atoms with Gasteiger partial charge < -0.3 is 10.7 Å². The van der Waals surface area contributed by atoms with Crippen molar-refractivity contribution in [2.75, 3.05) is 10.7 Å². The molecular formula is C11H18N8. The lowest BCUT2D eigenvalue weighted by Crippen LogP contribution is -2.15. The number of nitrogen functional groups attached to an aromatic ring is 1. The van der Waals surface area contributed by atoms with Crippen LogP contribution >= 0.6 is 0 Å². The summed E-state index contributed by atoms with van der Waals surface area (Å²) >= 11 is 0. The molecule has 0 saturated heterocycles. The minimum atomic E-state index is 0.242. The molecule has 2 aromatic rings. The Labute approximate surface area is 111 Å². The number of rotatable bonds is 5. The summed E-state index contributed by atoms with van der Waals surface area (Å²) in [6, 6.07) is 0. The molecule has 8 nitrogen and oxygen atoms in total. The molecule has 4 N–H and O–H groups in total. The normalized spacial score (nSPS) is 10.8. The minimum Gasteiger partial charge on any atom is -0.362 e. The average molecular weight is 262 g/mol. The van der Waals surface area contributed by atoms with E-state index in [1.54, 1.807) is 11.0 Å². The van der Waals surface area contributed by atoms with Gasteiger partial charge in [0.15, 0.2) is 5.82 Å². The van der Waals surface area contributed by atoms with Gasteiger partial charge in [0, 0.05) is 12.6 Å². The molecular weight excluding hydrogens is 244 g/mol. The number of anilines is 2. The van der Waals surface area contributed by atoms with Gasteiger partial charge >= 0.3 is 0 Å². The third-order valence-corrected chi connectivity index (χ3v) is 2.66. The number of aromatic nitrogens is 5. The Balaban J connectivity index is 2.19. The van der Waals surface area contributed by atoms with E-state index in [4.69, 9.17) is 5.84 Å². The SMILES string of the molecule is CC(C)c1c(NN)ncnc1NCc1ncn(C)n1. The molecule has 2 aromatic heterocycles. The number of nitrogens with zero attached hydrogens (tertiary/aromatic N) is 5. The van der Waals surface area contributed by atoms with Crippen molar-refractivity contribution < 1.29 is 0 Å². The minimum absolute atomic E-state index is 0.242. The molecule has 0 fully saturated rings. The number of nitrogens with one attached hydrogen (secondary N) is 2. The number of hydrogen-bond acceptors (Lipinski definition) is 7.